The number of aryl methyl sites for hydroxylation is 1. The molecule has 156 valence electrons. The summed E-state index contributed by atoms with van der Waals surface area (Å²) in [6.45, 7) is 6.20. The Balaban J connectivity index is 1.41. The number of nitrogens with one attached hydrogen (secondary N) is 1. The molecule has 2 N–H and O–H groups in total. The quantitative estimate of drug-likeness (QED) is 0.782. The Morgan fingerprint density at radius 3 is 2.76 bits per heavy atom. The summed E-state index contributed by atoms with van der Waals surface area (Å²) in [6.07, 6.45) is 2.63. The second-order valence-electron chi connectivity index (χ2n) is 8.14. The zero-order valence-electron chi connectivity index (χ0n) is 16.8. The van der Waals surface area contributed by atoms with Gasteiger partial charge in [-0.15, -0.1) is 10.2 Å². The number of amides is 1. The molecule has 2 atom stereocenters. The van der Waals surface area contributed by atoms with Crippen LogP contribution in [0.1, 0.15) is 48.5 Å². The molecule has 0 aromatic carbocycles. The van der Waals surface area contributed by atoms with Crippen LogP contribution in [-0.4, -0.2) is 68.0 Å². The summed E-state index contributed by atoms with van der Waals surface area (Å²) in [5, 5.41) is 22.2. The monoisotopic (exact) mass is 401 g/mol. The van der Waals surface area contributed by atoms with Gasteiger partial charge in [0.2, 0.25) is 11.8 Å². The highest BCUT2D eigenvalue weighted by atomic mass is 16.5. The van der Waals surface area contributed by atoms with Crippen molar-refractivity contribution in [2.45, 2.75) is 56.9 Å². The van der Waals surface area contributed by atoms with Crippen molar-refractivity contribution >= 4 is 5.91 Å². The topological polar surface area (TPSA) is 114 Å². The lowest BCUT2D eigenvalue weighted by Crippen LogP contribution is -2.69. The highest BCUT2D eigenvalue weighted by Gasteiger charge is 2.53. The fraction of sp³-hybridized carbons (Fsp3) is 0.600. The smallest absolute Gasteiger partial charge is 0.270 e. The number of carbonyl (C=O) groups excluding carboxylic acids is 1. The number of aromatic nitrogens is 3. The SMILES string of the molecule is Cc1nnc(CN2CCC3(CC2)OCC[C@](C)(NC(=O)c2ccccn2)[C@H]3O)o1. The molecule has 2 saturated heterocycles. The number of carbonyl (C=O) groups is 1. The van der Waals surface area contributed by atoms with Gasteiger partial charge in [0.25, 0.3) is 5.91 Å². The molecule has 2 aliphatic heterocycles. The van der Waals surface area contributed by atoms with Crippen LogP contribution in [0.2, 0.25) is 0 Å². The largest absolute Gasteiger partial charge is 0.424 e. The zero-order chi connectivity index (χ0) is 20.5. The zero-order valence-corrected chi connectivity index (χ0v) is 16.8. The van der Waals surface area contributed by atoms with E-state index in [1.165, 1.54) is 0 Å². The number of hydrogen-bond acceptors (Lipinski definition) is 8. The Bertz CT molecular complexity index is 850. The molecule has 1 spiro atoms. The van der Waals surface area contributed by atoms with Crippen LogP contribution in [0.5, 0.6) is 0 Å². The Morgan fingerprint density at radius 2 is 2.10 bits per heavy atom. The van der Waals surface area contributed by atoms with E-state index in [1.807, 2.05) is 6.92 Å². The van der Waals surface area contributed by atoms with E-state index in [1.54, 1.807) is 31.3 Å². The third kappa shape index (κ3) is 4.03. The van der Waals surface area contributed by atoms with Gasteiger partial charge < -0.3 is 19.6 Å². The standard InChI is InChI=1S/C20H27N5O4/c1-14-23-24-16(29-14)13-25-10-6-20(7-11-25)18(27)19(2,8-12-28-20)22-17(26)15-5-3-4-9-21-15/h3-5,9,18,27H,6-8,10-13H2,1-2H3,(H,22,26)/t18-,19+/m1/s1. The van der Waals surface area contributed by atoms with Crippen molar-refractivity contribution < 1.29 is 19.1 Å². The van der Waals surface area contributed by atoms with Gasteiger partial charge in [0.15, 0.2) is 0 Å². The molecule has 9 heteroatoms. The lowest BCUT2D eigenvalue weighted by atomic mass is 9.73. The van der Waals surface area contributed by atoms with Crippen LogP contribution in [-0.2, 0) is 11.3 Å². The summed E-state index contributed by atoms with van der Waals surface area (Å²) >= 11 is 0. The minimum atomic E-state index is -0.816. The normalized spacial score (nSPS) is 27.1. The molecule has 0 bridgehead atoms. The molecule has 2 aromatic rings. The predicted molar refractivity (Wildman–Crippen MR) is 103 cm³/mol. The minimum Gasteiger partial charge on any atom is -0.424 e. The number of ether oxygens (including phenoxy) is 1. The highest BCUT2D eigenvalue weighted by molar-refractivity contribution is 5.92. The van der Waals surface area contributed by atoms with Crippen molar-refractivity contribution in [1.29, 1.82) is 0 Å². The Hall–Kier alpha value is -2.36. The second-order valence-corrected chi connectivity index (χ2v) is 8.14. The maximum Gasteiger partial charge on any atom is 0.270 e. The molecular weight excluding hydrogens is 374 g/mol. The van der Waals surface area contributed by atoms with Crippen LogP contribution in [0.4, 0.5) is 0 Å². The van der Waals surface area contributed by atoms with Crippen molar-refractivity contribution in [1.82, 2.24) is 25.4 Å². The average molecular weight is 401 g/mol. The molecule has 0 radical (unpaired) electrons. The number of hydrogen-bond donors (Lipinski definition) is 2. The van der Waals surface area contributed by atoms with Crippen molar-refractivity contribution in [2.75, 3.05) is 19.7 Å². The first-order chi connectivity index (χ1) is 13.9. The van der Waals surface area contributed by atoms with Crippen molar-refractivity contribution in [2.24, 2.45) is 0 Å². The Labute approximate surface area is 169 Å². The lowest BCUT2D eigenvalue weighted by Gasteiger charge is -2.53. The third-order valence-corrected chi connectivity index (χ3v) is 6.04. The summed E-state index contributed by atoms with van der Waals surface area (Å²) in [4.78, 5) is 19.0. The van der Waals surface area contributed by atoms with Gasteiger partial charge in [-0.25, -0.2) is 0 Å². The first kappa shape index (κ1) is 19.9. The molecule has 2 aromatic heterocycles. The Kier molecular flexibility index (Phi) is 5.37. The summed E-state index contributed by atoms with van der Waals surface area (Å²) in [7, 11) is 0. The van der Waals surface area contributed by atoms with E-state index in [4.69, 9.17) is 9.15 Å². The van der Waals surface area contributed by atoms with Crippen LogP contribution < -0.4 is 5.32 Å². The van der Waals surface area contributed by atoms with E-state index in [0.29, 0.717) is 49.9 Å². The van der Waals surface area contributed by atoms with Crippen molar-refractivity contribution in [3.8, 4) is 0 Å². The van der Waals surface area contributed by atoms with Gasteiger partial charge in [0.1, 0.15) is 11.8 Å². The summed E-state index contributed by atoms with van der Waals surface area (Å²) < 4.78 is 11.6. The van der Waals surface area contributed by atoms with Gasteiger partial charge in [-0.3, -0.25) is 14.7 Å². The first-order valence-electron chi connectivity index (χ1n) is 9.97. The first-order valence-corrected chi connectivity index (χ1v) is 9.97. The molecule has 4 rings (SSSR count). The fourth-order valence-electron chi connectivity index (χ4n) is 4.31. The van der Waals surface area contributed by atoms with Gasteiger partial charge in [-0.2, -0.15) is 0 Å². The van der Waals surface area contributed by atoms with E-state index >= 15 is 0 Å². The summed E-state index contributed by atoms with van der Waals surface area (Å²) in [5.74, 6) is 0.864. The van der Waals surface area contributed by atoms with Crippen LogP contribution >= 0.6 is 0 Å². The molecule has 0 aliphatic carbocycles. The van der Waals surface area contributed by atoms with Gasteiger partial charge in [0.05, 0.1) is 17.7 Å². The van der Waals surface area contributed by atoms with Crippen LogP contribution in [0, 0.1) is 6.92 Å². The maximum absolute atomic E-state index is 12.6. The van der Waals surface area contributed by atoms with Gasteiger partial charge in [0, 0.05) is 32.8 Å². The van der Waals surface area contributed by atoms with E-state index in [0.717, 1.165) is 13.1 Å². The second kappa shape index (κ2) is 7.81. The fourth-order valence-corrected chi connectivity index (χ4v) is 4.31. The Morgan fingerprint density at radius 1 is 1.31 bits per heavy atom. The highest BCUT2D eigenvalue weighted by Crippen LogP contribution is 2.40. The van der Waals surface area contributed by atoms with Crippen molar-refractivity contribution in [3.05, 3.63) is 41.9 Å². The molecule has 4 heterocycles. The molecule has 0 unspecified atom stereocenters. The lowest BCUT2D eigenvalue weighted by molar-refractivity contribution is -0.206. The van der Waals surface area contributed by atoms with Gasteiger partial charge in [-0.1, -0.05) is 6.07 Å². The van der Waals surface area contributed by atoms with E-state index in [-0.39, 0.29) is 5.91 Å². The molecular formula is C20H27N5O4. The average Bonchev–Trinajstić information content (AvgIpc) is 3.13. The van der Waals surface area contributed by atoms with E-state index in [9.17, 15) is 9.90 Å². The number of aliphatic hydroxyl groups is 1. The minimum absolute atomic E-state index is 0.284. The van der Waals surface area contributed by atoms with E-state index < -0.39 is 17.2 Å². The van der Waals surface area contributed by atoms with Crippen LogP contribution in [0.25, 0.3) is 0 Å². The van der Waals surface area contributed by atoms with E-state index in [2.05, 4.69) is 25.4 Å². The molecule has 29 heavy (non-hydrogen) atoms. The number of aliphatic hydroxyl groups excluding tert-OH is 1. The maximum atomic E-state index is 12.6. The molecule has 1 amide bonds. The van der Waals surface area contributed by atoms with Crippen molar-refractivity contribution in [3.63, 3.8) is 0 Å². The molecule has 2 fully saturated rings. The molecule has 0 saturated carbocycles. The van der Waals surface area contributed by atoms with Gasteiger partial charge >= 0.3 is 0 Å². The number of rotatable bonds is 4. The van der Waals surface area contributed by atoms with Crippen LogP contribution in [0.3, 0.4) is 0 Å². The third-order valence-electron chi connectivity index (χ3n) is 6.04. The number of piperidine rings is 1. The van der Waals surface area contributed by atoms with Gasteiger partial charge in [-0.05, 0) is 38.3 Å². The predicted octanol–water partition coefficient (Wildman–Crippen LogP) is 1.08. The summed E-state index contributed by atoms with van der Waals surface area (Å²) in [5.41, 5.74) is -1.12. The van der Waals surface area contributed by atoms with Crippen LogP contribution in [0.15, 0.2) is 28.8 Å². The molecule has 2 aliphatic rings. The number of nitrogens with zero attached hydrogens (tertiary/aromatic N) is 4. The number of likely N-dealkylation sites (tertiary alicyclic amines) is 1. The molecule has 9 nitrogen and oxygen atoms in total. The summed E-state index contributed by atoms with van der Waals surface area (Å²) in [6, 6.07) is 5.20. The number of pyridine rings is 1.